The monoisotopic (exact) mass is 464 g/mol. The summed E-state index contributed by atoms with van der Waals surface area (Å²) >= 11 is 1.56. The zero-order valence-electron chi connectivity index (χ0n) is 18.4. The van der Waals surface area contributed by atoms with E-state index >= 15 is 0 Å². The minimum Gasteiger partial charge on any atom is -0.497 e. The van der Waals surface area contributed by atoms with Crippen molar-refractivity contribution in [3.63, 3.8) is 0 Å². The molecule has 0 bridgehead atoms. The molecule has 2 aromatic carbocycles. The number of ether oxygens (including phenoxy) is 2. The third-order valence-corrected chi connectivity index (χ3v) is 6.33. The predicted octanol–water partition coefficient (Wildman–Crippen LogP) is 4.24. The van der Waals surface area contributed by atoms with E-state index in [1.165, 1.54) is 11.0 Å². The molecular weight excluding hydrogens is 440 g/mol. The number of hydrogen-bond donors (Lipinski definition) is 0. The summed E-state index contributed by atoms with van der Waals surface area (Å²) in [4.78, 5) is 43.0. The highest BCUT2D eigenvalue weighted by Crippen LogP contribution is 2.28. The van der Waals surface area contributed by atoms with E-state index in [0.717, 1.165) is 4.88 Å². The lowest BCUT2D eigenvalue weighted by atomic mass is 10.0. The average Bonchev–Trinajstić information content (AvgIpc) is 3.44. The predicted molar refractivity (Wildman–Crippen MR) is 126 cm³/mol. The van der Waals surface area contributed by atoms with Crippen LogP contribution >= 0.6 is 11.3 Å². The van der Waals surface area contributed by atoms with Gasteiger partial charge in [0.25, 0.3) is 17.7 Å². The molecule has 0 spiro atoms. The number of amides is 3. The lowest BCUT2D eigenvalue weighted by Gasteiger charge is -2.23. The van der Waals surface area contributed by atoms with E-state index in [4.69, 9.17) is 9.47 Å². The molecule has 8 heteroatoms. The Kier molecular flexibility index (Phi) is 6.86. The molecule has 0 saturated carbocycles. The molecule has 2 heterocycles. The first kappa shape index (κ1) is 22.7. The van der Waals surface area contributed by atoms with Crippen LogP contribution in [0.3, 0.4) is 0 Å². The average molecular weight is 465 g/mol. The van der Waals surface area contributed by atoms with Crippen LogP contribution in [-0.2, 0) is 11.3 Å². The molecule has 4 rings (SSSR count). The highest BCUT2D eigenvalue weighted by Gasteiger charge is 2.36. The van der Waals surface area contributed by atoms with E-state index < -0.39 is 0 Å². The van der Waals surface area contributed by atoms with Gasteiger partial charge in [0.05, 0.1) is 24.8 Å². The Morgan fingerprint density at radius 3 is 2.42 bits per heavy atom. The van der Waals surface area contributed by atoms with Gasteiger partial charge in [-0.05, 0) is 60.3 Å². The van der Waals surface area contributed by atoms with Crippen LogP contribution in [0, 0.1) is 0 Å². The normalized spacial score (nSPS) is 12.7. The molecule has 0 N–H and O–H groups in total. The van der Waals surface area contributed by atoms with Crippen LogP contribution in [0.4, 0.5) is 5.69 Å². The molecule has 3 amide bonds. The van der Waals surface area contributed by atoms with Crippen molar-refractivity contribution in [2.45, 2.75) is 13.0 Å². The number of fused-ring (bicyclic) bond motifs is 1. The Morgan fingerprint density at radius 2 is 1.76 bits per heavy atom. The number of benzene rings is 2. The summed E-state index contributed by atoms with van der Waals surface area (Å²) < 4.78 is 10.3. The molecule has 0 saturated heterocycles. The summed E-state index contributed by atoms with van der Waals surface area (Å²) in [6, 6.07) is 15.9. The van der Waals surface area contributed by atoms with Crippen LogP contribution in [0.1, 0.15) is 42.4 Å². The highest BCUT2D eigenvalue weighted by atomic mass is 32.1. The molecule has 1 aliphatic heterocycles. The smallest absolute Gasteiger partial charge is 0.261 e. The van der Waals surface area contributed by atoms with Gasteiger partial charge < -0.3 is 14.4 Å². The molecular formula is C25H24N2O5S. The molecule has 3 aromatic rings. The van der Waals surface area contributed by atoms with Crippen molar-refractivity contribution in [2.75, 3.05) is 32.3 Å². The molecule has 0 aliphatic carbocycles. The molecule has 1 aliphatic rings. The number of carbonyl (C=O) groups is 3. The molecule has 33 heavy (non-hydrogen) atoms. The standard InChI is InChI=1S/C25H24N2O5S/c1-31-13-4-12-26-24(29)21-11-6-17(15-22(21)25(26)30)23(28)27(16-20-5-3-14-33-20)18-7-9-19(32-2)10-8-18/h3,5-11,14-15H,4,12-13,16H2,1-2H3. The molecule has 170 valence electrons. The van der Waals surface area contributed by atoms with E-state index in [0.29, 0.717) is 42.1 Å². The first-order chi connectivity index (χ1) is 16.0. The fourth-order valence-corrected chi connectivity index (χ4v) is 4.44. The van der Waals surface area contributed by atoms with Gasteiger partial charge in [0.15, 0.2) is 0 Å². The van der Waals surface area contributed by atoms with Gasteiger partial charge in [-0.25, -0.2) is 0 Å². The number of carbonyl (C=O) groups excluding carboxylic acids is 3. The van der Waals surface area contributed by atoms with Gasteiger partial charge in [-0.2, -0.15) is 0 Å². The topological polar surface area (TPSA) is 76.2 Å². The summed E-state index contributed by atoms with van der Waals surface area (Å²) in [6.45, 7) is 1.12. The first-order valence-corrected chi connectivity index (χ1v) is 11.4. The summed E-state index contributed by atoms with van der Waals surface area (Å²) in [5, 5.41) is 1.96. The summed E-state index contributed by atoms with van der Waals surface area (Å²) in [5.74, 6) is -0.280. The van der Waals surface area contributed by atoms with Crippen molar-refractivity contribution in [2.24, 2.45) is 0 Å². The highest BCUT2D eigenvalue weighted by molar-refractivity contribution is 7.09. The maximum absolute atomic E-state index is 13.6. The van der Waals surface area contributed by atoms with Crippen LogP contribution in [0.2, 0.25) is 0 Å². The van der Waals surface area contributed by atoms with Crippen molar-refractivity contribution in [3.05, 3.63) is 81.5 Å². The summed E-state index contributed by atoms with van der Waals surface area (Å²) in [7, 11) is 3.16. The summed E-state index contributed by atoms with van der Waals surface area (Å²) in [6.07, 6.45) is 0.555. The molecule has 0 atom stereocenters. The van der Waals surface area contributed by atoms with Gasteiger partial charge in [0.2, 0.25) is 0 Å². The Labute approximate surface area is 196 Å². The second-order valence-corrected chi connectivity index (χ2v) is 8.57. The Balaban J connectivity index is 1.63. The number of methoxy groups -OCH3 is 2. The molecule has 0 fully saturated rings. The second kappa shape index (κ2) is 9.97. The Hall–Kier alpha value is -3.49. The van der Waals surface area contributed by atoms with Crippen molar-refractivity contribution >= 4 is 34.7 Å². The van der Waals surface area contributed by atoms with E-state index in [9.17, 15) is 14.4 Å². The fourth-order valence-electron chi connectivity index (χ4n) is 3.75. The number of hydrogen-bond acceptors (Lipinski definition) is 6. The summed E-state index contributed by atoms with van der Waals surface area (Å²) in [5.41, 5.74) is 1.64. The van der Waals surface area contributed by atoms with Gasteiger partial charge >= 0.3 is 0 Å². The van der Waals surface area contributed by atoms with E-state index in [1.807, 2.05) is 29.6 Å². The first-order valence-electron chi connectivity index (χ1n) is 10.5. The maximum Gasteiger partial charge on any atom is 0.261 e. The van der Waals surface area contributed by atoms with Gasteiger partial charge in [-0.15, -0.1) is 11.3 Å². The van der Waals surface area contributed by atoms with Crippen LogP contribution in [-0.4, -0.2) is 50.0 Å². The van der Waals surface area contributed by atoms with E-state index in [2.05, 4.69) is 0 Å². The van der Waals surface area contributed by atoms with Crippen LogP contribution in [0.15, 0.2) is 60.0 Å². The van der Waals surface area contributed by atoms with Gasteiger partial charge in [-0.3, -0.25) is 19.3 Å². The SMILES string of the molecule is COCCCN1C(=O)c2ccc(C(=O)N(Cc3cccs3)c3ccc(OC)cc3)cc2C1=O. The fraction of sp³-hybridized carbons (Fsp3) is 0.240. The number of nitrogens with zero attached hydrogens (tertiary/aromatic N) is 2. The van der Waals surface area contributed by atoms with Gasteiger partial charge in [0, 0.05) is 36.4 Å². The number of rotatable bonds is 9. The minimum atomic E-state index is -0.380. The van der Waals surface area contributed by atoms with Gasteiger partial charge in [0.1, 0.15) is 5.75 Å². The van der Waals surface area contributed by atoms with Crippen molar-refractivity contribution in [3.8, 4) is 5.75 Å². The van der Waals surface area contributed by atoms with Crippen molar-refractivity contribution < 1.29 is 23.9 Å². The lowest BCUT2D eigenvalue weighted by molar-refractivity contribution is 0.0638. The molecule has 0 radical (unpaired) electrons. The Morgan fingerprint density at radius 1 is 1.00 bits per heavy atom. The van der Waals surface area contributed by atoms with Crippen LogP contribution in [0.5, 0.6) is 5.75 Å². The number of anilines is 1. The maximum atomic E-state index is 13.6. The molecule has 1 aromatic heterocycles. The van der Waals surface area contributed by atoms with Crippen molar-refractivity contribution in [1.82, 2.24) is 4.90 Å². The van der Waals surface area contributed by atoms with Crippen molar-refractivity contribution in [1.29, 1.82) is 0 Å². The van der Waals surface area contributed by atoms with Crippen LogP contribution in [0.25, 0.3) is 0 Å². The zero-order valence-corrected chi connectivity index (χ0v) is 19.3. The Bertz CT molecular complexity index is 1160. The number of imide groups is 1. The van der Waals surface area contributed by atoms with E-state index in [1.54, 1.807) is 54.7 Å². The third kappa shape index (κ3) is 4.67. The van der Waals surface area contributed by atoms with Gasteiger partial charge in [-0.1, -0.05) is 6.07 Å². The molecule has 7 nitrogen and oxygen atoms in total. The lowest BCUT2D eigenvalue weighted by Crippen LogP contribution is -2.31. The minimum absolute atomic E-state index is 0.255. The molecule has 0 unspecified atom stereocenters. The largest absolute Gasteiger partial charge is 0.497 e. The second-order valence-electron chi connectivity index (χ2n) is 7.54. The quantitative estimate of drug-likeness (QED) is 0.350. The van der Waals surface area contributed by atoms with E-state index in [-0.39, 0.29) is 29.8 Å². The third-order valence-electron chi connectivity index (χ3n) is 5.47. The number of thiophene rings is 1. The zero-order chi connectivity index (χ0) is 23.4. The van der Waals surface area contributed by atoms with Crippen LogP contribution < -0.4 is 9.64 Å².